The third-order valence-corrected chi connectivity index (χ3v) is 8.95. The molecule has 1 aliphatic rings. The van der Waals surface area contributed by atoms with Gasteiger partial charge in [-0.1, -0.05) is 6.92 Å². The highest BCUT2D eigenvalue weighted by Gasteiger charge is 2.39. The van der Waals surface area contributed by atoms with E-state index in [0.29, 0.717) is 38.2 Å². The summed E-state index contributed by atoms with van der Waals surface area (Å²) in [5.74, 6) is 0. The smallest absolute Gasteiger partial charge is 0.252 e. The summed E-state index contributed by atoms with van der Waals surface area (Å²) < 4.78 is 55.7. The van der Waals surface area contributed by atoms with Crippen molar-refractivity contribution in [2.45, 2.75) is 27.8 Å². The summed E-state index contributed by atoms with van der Waals surface area (Å²) in [6, 6.07) is 1.29. The maximum absolute atomic E-state index is 12.8. The third kappa shape index (κ3) is 3.94. The minimum absolute atomic E-state index is 0.0905. The number of nitrogens with zero attached hydrogens (tertiary/aromatic N) is 1. The van der Waals surface area contributed by atoms with Gasteiger partial charge in [0.05, 0.1) is 0 Å². The average molecular weight is 383 g/mol. The number of fused-ring (bicyclic) bond motifs is 1. The molecule has 0 saturated carbocycles. The van der Waals surface area contributed by atoms with Crippen molar-refractivity contribution in [3.63, 3.8) is 0 Å². The minimum Gasteiger partial charge on any atom is -0.385 e. The van der Waals surface area contributed by atoms with Crippen molar-refractivity contribution in [1.82, 2.24) is 9.62 Å². The Morgan fingerprint density at radius 1 is 1.48 bits per heavy atom. The maximum atomic E-state index is 12.8. The van der Waals surface area contributed by atoms with Gasteiger partial charge in [0.15, 0.2) is 9.84 Å². The van der Waals surface area contributed by atoms with Crippen LogP contribution in [-0.2, 0) is 24.6 Å². The quantitative estimate of drug-likeness (QED) is 0.703. The molecule has 0 aromatic carbocycles. The first-order valence-electron chi connectivity index (χ1n) is 7.28. The van der Waals surface area contributed by atoms with Gasteiger partial charge in [-0.2, -0.15) is 4.31 Å². The van der Waals surface area contributed by atoms with Gasteiger partial charge < -0.3 is 10.1 Å². The molecule has 2 rings (SSSR count). The van der Waals surface area contributed by atoms with Crippen LogP contribution in [0.1, 0.15) is 24.9 Å². The Balaban J connectivity index is 2.44. The molecule has 0 unspecified atom stereocenters. The Hall–Kier alpha value is -0.520. The number of nitrogens with one attached hydrogen (secondary N) is 1. The molecule has 1 aromatic rings. The van der Waals surface area contributed by atoms with Crippen LogP contribution >= 0.6 is 11.3 Å². The van der Waals surface area contributed by atoms with Gasteiger partial charge in [-0.15, -0.1) is 11.3 Å². The standard InChI is InChI=1S/C13H22N2O5S3/c1-4-14-11-9-15(6-5-7-20-2)23(18,19)13-10(11)8-12(21-13)22(3,16)17/h8,11,14H,4-7,9H2,1-3H3/t11-/m0/s1. The number of rotatable bonds is 7. The largest absolute Gasteiger partial charge is 0.385 e. The second kappa shape index (κ2) is 7.16. The van der Waals surface area contributed by atoms with Crippen molar-refractivity contribution in [2.24, 2.45) is 0 Å². The van der Waals surface area contributed by atoms with E-state index in [1.807, 2.05) is 6.92 Å². The van der Waals surface area contributed by atoms with Crippen LogP contribution in [0.25, 0.3) is 0 Å². The van der Waals surface area contributed by atoms with E-state index in [9.17, 15) is 16.8 Å². The minimum atomic E-state index is -3.66. The summed E-state index contributed by atoms with van der Waals surface area (Å²) in [6.07, 6.45) is 1.68. The summed E-state index contributed by atoms with van der Waals surface area (Å²) >= 11 is 0.833. The molecule has 10 heteroatoms. The second-order valence-electron chi connectivity index (χ2n) is 5.40. The zero-order chi connectivity index (χ0) is 17.3. The van der Waals surface area contributed by atoms with Crippen LogP contribution < -0.4 is 5.32 Å². The summed E-state index contributed by atoms with van der Waals surface area (Å²) in [6.45, 7) is 3.72. The Morgan fingerprint density at radius 3 is 2.74 bits per heavy atom. The highest BCUT2D eigenvalue weighted by Crippen LogP contribution is 2.40. The first-order valence-corrected chi connectivity index (χ1v) is 11.4. The van der Waals surface area contributed by atoms with E-state index >= 15 is 0 Å². The number of methoxy groups -OCH3 is 1. The normalized spacial score (nSPS) is 21.3. The molecule has 0 aliphatic carbocycles. The van der Waals surface area contributed by atoms with E-state index in [2.05, 4.69) is 5.32 Å². The lowest BCUT2D eigenvalue weighted by atomic mass is 10.1. The van der Waals surface area contributed by atoms with Crippen molar-refractivity contribution in [3.05, 3.63) is 11.6 Å². The summed E-state index contributed by atoms with van der Waals surface area (Å²) in [7, 11) is -5.53. The summed E-state index contributed by atoms with van der Waals surface area (Å²) in [4.78, 5) is 0. The van der Waals surface area contributed by atoms with Crippen LogP contribution in [0.15, 0.2) is 14.5 Å². The molecule has 23 heavy (non-hydrogen) atoms. The van der Waals surface area contributed by atoms with Crippen LogP contribution in [0.5, 0.6) is 0 Å². The zero-order valence-corrected chi connectivity index (χ0v) is 15.9. The molecule has 1 aromatic heterocycles. The molecule has 0 spiro atoms. The fourth-order valence-corrected chi connectivity index (χ4v) is 7.03. The van der Waals surface area contributed by atoms with Crippen molar-refractivity contribution in [3.8, 4) is 0 Å². The number of sulfonamides is 1. The van der Waals surface area contributed by atoms with Gasteiger partial charge in [0, 0.05) is 44.7 Å². The lowest BCUT2D eigenvalue weighted by molar-refractivity contribution is 0.185. The summed E-state index contributed by atoms with van der Waals surface area (Å²) in [5, 5.41) is 3.24. The molecule has 0 fully saturated rings. The van der Waals surface area contributed by atoms with Crippen LogP contribution in [0, 0.1) is 0 Å². The topological polar surface area (TPSA) is 92.8 Å². The van der Waals surface area contributed by atoms with E-state index in [1.165, 1.54) is 10.4 Å². The van der Waals surface area contributed by atoms with Gasteiger partial charge in [0.25, 0.3) is 10.0 Å². The van der Waals surface area contributed by atoms with Crippen molar-refractivity contribution >= 4 is 31.2 Å². The van der Waals surface area contributed by atoms with Gasteiger partial charge in [-0.25, -0.2) is 16.8 Å². The zero-order valence-electron chi connectivity index (χ0n) is 13.4. The van der Waals surface area contributed by atoms with Crippen molar-refractivity contribution in [1.29, 1.82) is 0 Å². The van der Waals surface area contributed by atoms with Crippen LogP contribution in [0.2, 0.25) is 0 Å². The molecule has 0 saturated heterocycles. The molecule has 0 bridgehead atoms. The molecule has 0 amide bonds. The fraction of sp³-hybridized carbons (Fsp3) is 0.692. The molecular formula is C13H22N2O5S3. The number of hydrogen-bond donors (Lipinski definition) is 1. The maximum Gasteiger partial charge on any atom is 0.252 e. The van der Waals surface area contributed by atoms with Gasteiger partial charge in [0.2, 0.25) is 0 Å². The van der Waals surface area contributed by atoms with Gasteiger partial charge >= 0.3 is 0 Å². The SMILES string of the molecule is CCN[C@H]1CN(CCCOC)S(=O)(=O)c2sc(S(C)(=O)=O)cc21. The Bertz CT molecular complexity index is 755. The highest BCUT2D eigenvalue weighted by atomic mass is 32.3. The van der Waals surface area contributed by atoms with E-state index in [4.69, 9.17) is 4.74 Å². The van der Waals surface area contributed by atoms with E-state index in [1.54, 1.807) is 7.11 Å². The summed E-state index contributed by atoms with van der Waals surface area (Å²) in [5.41, 5.74) is 0.556. The van der Waals surface area contributed by atoms with Crippen LogP contribution in [-0.4, -0.2) is 60.7 Å². The van der Waals surface area contributed by atoms with E-state index in [0.717, 1.165) is 17.6 Å². The molecule has 132 valence electrons. The Kier molecular flexibility index (Phi) is 5.85. The van der Waals surface area contributed by atoms with Gasteiger partial charge in [0.1, 0.15) is 8.42 Å². The molecule has 1 atom stereocenters. The Morgan fingerprint density at radius 2 is 2.17 bits per heavy atom. The first kappa shape index (κ1) is 18.8. The predicted molar refractivity (Wildman–Crippen MR) is 89.1 cm³/mol. The van der Waals surface area contributed by atoms with Gasteiger partial charge in [-0.05, 0) is 19.0 Å². The monoisotopic (exact) mass is 382 g/mol. The lowest BCUT2D eigenvalue weighted by Crippen LogP contribution is -2.43. The molecular weight excluding hydrogens is 360 g/mol. The first-order chi connectivity index (χ1) is 10.7. The average Bonchev–Trinajstić information content (AvgIpc) is 2.90. The number of sulfone groups is 1. The molecule has 7 nitrogen and oxygen atoms in total. The number of ether oxygens (including phenoxy) is 1. The number of thiophene rings is 1. The van der Waals surface area contributed by atoms with Crippen molar-refractivity contribution in [2.75, 3.05) is 39.6 Å². The van der Waals surface area contributed by atoms with Crippen molar-refractivity contribution < 1.29 is 21.6 Å². The molecule has 0 radical (unpaired) electrons. The molecule has 1 N–H and O–H groups in total. The molecule has 1 aliphatic heterocycles. The van der Waals surface area contributed by atoms with E-state index < -0.39 is 19.9 Å². The van der Waals surface area contributed by atoms with Crippen LogP contribution in [0.3, 0.4) is 0 Å². The number of likely N-dealkylation sites (N-methyl/N-ethyl adjacent to an activating group) is 1. The molecule has 2 heterocycles. The third-order valence-electron chi connectivity index (χ3n) is 3.61. The highest BCUT2D eigenvalue weighted by molar-refractivity contribution is 7.94. The fourth-order valence-electron chi connectivity index (χ4n) is 2.53. The van der Waals surface area contributed by atoms with Crippen LogP contribution in [0.4, 0.5) is 0 Å². The lowest BCUT2D eigenvalue weighted by Gasteiger charge is -2.32. The van der Waals surface area contributed by atoms with Gasteiger partial charge in [-0.3, -0.25) is 0 Å². The second-order valence-corrected chi connectivity index (χ2v) is 10.8. The number of hydrogen-bond acceptors (Lipinski definition) is 7. The Labute approximate surface area is 141 Å². The predicted octanol–water partition coefficient (Wildman–Crippen LogP) is 0.843. The van der Waals surface area contributed by atoms with E-state index in [-0.39, 0.29) is 14.5 Å².